The Hall–Kier alpha value is -2.30. The molecule has 3 rings (SSSR count). The van der Waals surface area contributed by atoms with Crippen molar-refractivity contribution in [3.63, 3.8) is 0 Å². The van der Waals surface area contributed by atoms with Gasteiger partial charge < -0.3 is 15.0 Å². The number of carboxylic acid groups (broad SMARTS) is 1. The molecule has 24 heavy (non-hydrogen) atoms. The summed E-state index contributed by atoms with van der Waals surface area (Å²) in [6.45, 7) is 3.22. The van der Waals surface area contributed by atoms with Gasteiger partial charge in [0.25, 0.3) is 0 Å². The van der Waals surface area contributed by atoms with Crippen LogP contribution in [-0.2, 0) is 17.9 Å². The molecule has 1 heterocycles. The van der Waals surface area contributed by atoms with Gasteiger partial charge >= 0.3 is 5.97 Å². The van der Waals surface area contributed by atoms with Crippen molar-refractivity contribution in [1.29, 1.82) is 0 Å². The summed E-state index contributed by atoms with van der Waals surface area (Å²) in [5.41, 5.74) is 4.43. The Balaban J connectivity index is 2.00. The number of aliphatic carboxylic acids is 1. The van der Waals surface area contributed by atoms with Crippen LogP contribution in [0.3, 0.4) is 0 Å². The third kappa shape index (κ3) is 3.30. The molecule has 3 aromatic rings. The van der Waals surface area contributed by atoms with Gasteiger partial charge in [-0.15, -0.1) is 0 Å². The fourth-order valence-corrected chi connectivity index (χ4v) is 3.22. The topological polar surface area (TPSA) is 54.3 Å². The van der Waals surface area contributed by atoms with Gasteiger partial charge in [-0.25, -0.2) is 0 Å². The summed E-state index contributed by atoms with van der Waals surface area (Å²) in [6.07, 6.45) is 0. The minimum absolute atomic E-state index is 0.0521. The first kappa shape index (κ1) is 16.6. The van der Waals surface area contributed by atoms with Crippen LogP contribution in [0.2, 0.25) is 5.02 Å². The number of nitrogens with one attached hydrogen (secondary N) is 1. The maximum Gasteiger partial charge on any atom is 0.317 e. The second-order valence-electron chi connectivity index (χ2n) is 5.76. The van der Waals surface area contributed by atoms with Crippen molar-refractivity contribution in [2.24, 2.45) is 0 Å². The fraction of sp³-hybridized carbons (Fsp3) is 0.211. The molecule has 0 unspecified atom stereocenters. The van der Waals surface area contributed by atoms with Gasteiger partial charge in [-0.3, -0.25) is 4.79 Å². The molecule has 0 aliphatic carbocycles. The van der Waals surface area contributed by atoms with Gasteiger partial charge in [0.05, 0.1) is 6.54 Å². The summed E-state index contributed by atoms with van der Waals surface area (Å²) in [4.78, 5) is 10.7. The van der Waals surface area contributed by atoms with E-state index in [0.717, 1.165) is 32.7 Å². The minimum Gasteiger partial charge on any atom is -0.480 e. The highest BCUT2D eigenvalue weighted by Crippen LogP contribution is 2.28. The van der Waals surface area contributed by atoms with Crippen LogP contribution in [0.5, 0.6) is 0 Å². The van der Waals surface area contributed by atoms with Crippen molar-refractivity contribution < 1.29 is 9.90 Å². The number of aromatic nitrogens is 1. The molecule has 0 bridgehead atoms. The third-order valence-electron chi connectivity index (χ3n) is 4.23. The third-order valence-corrected chi connectivity index (χ3v) is 4.59. The van der Waals surface area contributed by atoms with Gasteiger partial charge in [-0.1, -0.05) is 48.0 Å². The van der Waals surface area contributed by atoms with Crippen LogP contribution in [0.25, 0.3) is 10.9 Å². The highest BCUT2D eigenvalue weighted by Gasteiger charge is 2.14. The molecule has 1 aromatic heterocycles. The zero-order chi connectivity index (χ0) is 17.1. The van der Waals surface area contributed by atoms with Gasteiger partial charge in [-0.2, -0.15) is 0 Å². The molecular weight excluding hydrogens is 324 g/mol. The second-order valence-corrected chi connectivity index (χ2v) is 6.16. The van der Waals surface area contributed by atoms with Crippen LogP contribution in [0, 0.1) is 6.92 Å². The summed E-state index contributed by atoms with van der Waals surface area (Å²) in [7, 11) is 0. The van der Waals surface area contributed by atoms with Crippen molar-refractivity contribution in [3.8, 4) is 0 Å². The van der Waals surface area contributed by atoms with E-state index in [9.17, 15) is 4.79 Å². The lowest BCUT2D eigenvalue weighted by atomic mass is 10.1. The second kappa shape index (κ2) is 7.07. The molecular formula is C19H19ClN2O2. The van der Waals surface area contributed by atoms with Crippen molar-refractivity contribution in [3.05, 3.63) is 70.4 Å². The fourth-order valence-electron chi connectivity index (χ4n) is 3.02. The first-order valence-corrected chi connectivity index (χ1v) is 8.18. The van der Waals surface area contributed by atoms with E-state index in [0.29, 0.717) is 13.1 Å². The van der Waals surface area contributed by atoms with Crippen LogP contribution < -0.4 is 5.32 Å². The summed E-state index contributed by atoms with van der Waals surface area (Å²) >= 11 is 6.31. The van der Waals surface area contributed by atoms with Gasteiger partial charge in [0, 0.05) is 34.7 Å². The van der Waals surface area contributed by atoms with Gasteiger partial charge in [-0.05, 0) is 30.2 Å². The average molecular weight is 343 g/mol. The van der Waals surface area contributed by atoms with E-state index in [1.54, 1.807) is 0 Å². The van der Waals surface area contributed by atoms with Crippen LogP contribution >= 0.6 is 11.6 Å². The van der Waals surface area contributed by atoms with Gasteiger partial charge in [0.2, 0.25) is 0 Å². The predicted molar refractivity (Wildman–Crippen MR) is 96.6 cm³/mol. The van der Waals surface area contributed by atoms with E-state index in [1.165, 1.54) is 0 Å². The minimum atomic E-state index is -0.854. The number of benzene rings is 2. The number of rotatable bonds is 6. The standard InChI is InChI=1S/C19H19ClN2O2/c1-13-16(10-21-11-19(23)24)15-7-3-5-9-18(15)22(13)12-14-6-2-4-8-17(14)20/h2-9,21H,10-12H2,1H3,(H,23,24). The number of hydrogen-bond acceptors (Lipinski definition) is 2. The maximum atomic E-state index is 10.7. The molecule has 0 aliphatic rings. The molecule has 0 saturated heterocycles. The van der Waals surface area contributed by atoms with E-state index in [-0.39, 0.29) is 6.54 Å². The van der Waals surface area contributed by atoms with Crippen molar-refractivity contribution in [2.75, 3.05) is 6.54 Å². The molecule has 0 aliphatic heterocycles. The lowest BCUT2D eigenvalue weighted by molar-refractivity contribution is -0.135. The Bertz CT molecular complexity index is 886. The van der Waals surface area contributed by atoms with Crippen LogP contribution in [-0.4, -0.2) is 22.2 Å². The smallest absolute Gasteiger partial charge is 0.317 e. The monoisotopic (exact) mass is 342 g/mol. The van der Waals surface area contributed by atoms with Crippen molar-refractivity contribution >= 4 is 28.5 Å². The van der Waals surface area contributed by atoms with Gasteiger partial charge in [0.1, 0.15) is 0 Å². The largest absolute Gasteiger partial charge is 0.480 e. The quantitative estimate of drug-likeness (QED) is 0.716. The van der Waals surface area contributed by atoms with E-state index < -0.39 is 5.97 Å². The first-order chi connectivity index (χ1) is 11.6. The zero-order valence-corrected chi connectivity index (χ0v) is 14.2. The molecule has 0 fully saturated rings. The molecule has 5 heteroatoms. The number of para-hydroxylation sites is 1. The van der Waals surface area contributed by atoms with E-state index in [1.807, 2.05) is 36.4 Å². The summed E-state index contributed by atoms with van der Waals surface area (Å²) in [6, 6.07) is 16.0. The van der Waals surface area contributed by atoms with E-state index in [2.05, 4.69) is 28.9 Å². The number of hydrogen-bond donors (Lipinski definition) is 2. The Kier molecular flexibility index (Phi) is 4.88. The summed E-state index contributed by atoms with van der Waals surface area (Å²) < 4.78 is 2.23. The molecule has 0 radical (unpaired) electrons. The van der Waals surface area contributed by atoms with Crippen LogP contribution in [0.15, 0.2) is 48.5 Å². The predicted octanol–water partition coefficient (Wildman–Crippen LogP) is 3.83. The average Bonchev–Trinajstić information content (AvgIpc) is 2.82. The molecule has 0 saturated carbocycles. The Morgan fingerprint density at radius 3 is 2.62 bits per heavy atom. The number of fused-ring (bicyclic) bond motifs is 1. The maximum absolute atomic E-state index is 10.7. The van der Waals surface area contributed by atoms with Crippen LogP contribution in [0.4, 0.5) is 0 Å². The van der Waals surface area contributed by atoms with E-state index >= 15 is 0 Å². The number of halogens is 1. The Morgan fingerprint density at radius 1 is 1.17 bits per heavy atom. The molecule has 0 spiro atoms. The Labute approximate surface area is 145 Å². The number of carbonyl (C=O) groups is 1. The highest BCUT2D eigenvalue weighted by atomic mass is 35.5. The summed E-state index contributed by atoms with van der Waals surface area (Å²) in [5, 5.41) is 13.7. The number of nitrogens with zero attached hydrogens (tertiary/aromatic N) is 1. The lowest BCUT2D eigenvalue weighted by Gasteiger charge is -2.10. The molecule has 0 amide bonds. The zero-order valence-electron chi connectivity index (χ0n) is 13.4. The Morgan fingerprint density at radius 2 is 1.88 bits per heavy atom. The van der Waals surface area contributed by atoms with Crippen molar-refractivity contribution in [2.45, 2.75) is 20.0 Å². The molecule has 124 valence electrons. The van der Waals surface area contributed by atoms with Crippen molar-refractivity contribution in [1.82, 2.24) is 9.88 Å². The highest BCUT2D eigenvalue weighted by molar-refractivity contribution is 6.31. The SMILES string of the molecule is Cc1c(CNCC(=O)O)c2ccccc2n1Cc1ccccc1Cl. The molecule has 0 atom stereocenters. The van der Waals surface area contributed by atoms with Gasteiger partial charge in [0.15, 0.2) is 0 Å². The van der Waals surface area contributed by atoms with E-state index in [4.69, 9.17) is 16.7 Å². The summed E-state index contributed by atoms with van der Waals surface area (Å²) in [5.74, 6) is -0.854. The first-order valence-electron chi connectivity index (χ1n) is 7.80. The molecule has 2 N–H and O–H groups in total. The normalized spacial score (nSPS) is 11.1. The molecule has 2 aromatic carbocycles. The van der Waals surface area contributed by atoms with Crippen LogP contribution in [0.1, 0.15) is 16.8 Å². The molecule has 4 nitrogen and oxygen atoms in total. The lowest BCUT2D eigenvalue weighted by Crippen LogP contribution is -2.22. The number of carboxylic acids is 1.